The highest BCUT2D eigenvalue weighted by molar-refractivity contribution is 7.08. The maximum atomic E-state index is 12.8. The molecule has 0 spiro atoms. The Morgan fingerprint density at radius 1 is 1.19 bits per heavy atom. The van der Waals surface area contributed by atoms with Crippen LogP contribution in [0.3, 0.4) is 0 Å². The highest BCUT2D eigenvalue weighted by atomic mass is 32.1. The Hall–Kier alpha value is -2.60. The van der Waals surface area contributed by atoms with Gasteiger partial charge in [-0.2, -0.15) is 11.3 Å². The molecule has 0 aliphatic carbocycles. The number of hydrogen-bond donors (Lipinski definition) is 1. The van der Waals surface area contributed by atoms with Crippen molar-refractivity contribution in [3.63, 3.8) is 0 Å². The molecule has 3 rings (SSSR count). The molecular weight excluding hydrogens is 348 g/mol. The van der Waals surface area contributed by atoms with Crippen molar-refractivity contribution < 1.29 is 14.3 Å². The van der Waals surface area contributed by atoms with Crippen LogP contribution in [-0.4, -0.2) is 18.1 Å². The van der Waals surface area contributed by atoms with E-state index in [1.807, 2.05) is 61.9 Å². The summed E-state index contributed by atoms with van der Waals surface area (Å²) >= 11 is 1.52. The first-order valence-electron chi connectivity index (χ1n) is 8.49. The van der Waals surface area contributed by atoms with Crippen molar-refractivity contribution in [1.29, 1.82) is 0 Å². The fourth-order valence-corrected chi connectivity index (χ4v) is 3.67. The lowest BCUT2D eigenvalue weighted by molar-refractivity contribution is -0.143. The van der Waals surface area contributed by atoms with Crippen LogP contribution >= 0.6 is 11.3 Å². The van der Waals surface area contributed by atoms with Crippen molar-refractivity contribution in [2.24, 2.45) is 0 Å². The van der Waals surface area contributed by atoms with Gasteiger partial charge in [-0.15, -0.1) is 0 Å². The number of nitrogens with one attached hydrogen (secondary N) is 1. The van der Waals surface area contributed by atoms with Gasteiger partial charge in [0.05, 0.1) is 23.4 Å². The van der Waals surface area contributed by atoms with Gasteiger partial charge in [0.25, 0.3) is 0 Å². The number of hydrogen-bond acceptors (Lipinski definition) is 4. The van der Waals surface area contributed by atoms with Gasteiger partial charge in [0, 0.05) is 5.70 Å². The van der Waals surface area contributed by atoms with Crippen LogP contribution in [0.25, 0.3) is 0 Å². The molecule has 2 aromatic rings. The largest absolute Gasteiger partial charge is 0.459 e. The van der Waals surface area contributed by atoms with Crippen LogP contribution in [-0.2, 0) is 9.53 Å². The molecule has 2 heterocycles. The first-order chi connectivity index (χ1) is 12.4. The van der Waals surface area contributed by atoms with E-state index in [0.717, 1.165) is 11.1 Å². The molecule has 136 valence electrons. The summed E-state index contributed by atoms with van der Waals surface area (Å²) in [5.41, 5.74) is 3.73. The summed E-state index contributed by atoms with van der Waals surface area (Å²) in [6, 6.07) is 8.75. The molecule has 0 bridgehead atoms. The van der Waals surface area contributed by atoms with E-state index in [2.05, 4.69) is 5.32 Å². The Bertz CT molecular complexity index is 838. The highest BCUT2D eigenvalue weighted by Crippen LogP contribution is 2.35. The number of carbonyl (C=O) groups excluding carboxylic acids is 2. The molecule has 0 saturated carbocycles. The van der Waals surface area contributed by atoms with Crippen LogP contribution in [0, 0.1) is 6.92 Å². The third kappa shape index (κ3) is 3.51. The smallest absolute Gasteiger partial charge is 0.338 e. The third-order valence-corrected chi connectivity index (χ3v) is 4.92. The average Bonchev–Trinajstić information content (AvgIpc) is 3.09. The Kier molecular flexibility index (Phi) is 5.13. The number of carbonyl (C=O) groups is 2. The second-order valence-corrected chi connectivity index (χ2v) is 7.34. The van der Waals surface area contributed by atoms with Gasteiger partial charge < -0.3 is 10.1 Å². The minimum absolute atomic E-state index is 0.239. The molecule has 1 aromatic heterocycles. The summed E-state index contributed by atoms with van der Waals surface area (Å²) in [7, 11) is 0. The zero-order valence-electron chi connectivity index (χ0n) is 15.3. The van der Waals surface area contributed by atoms with Crippen LogP contribution in [0.2, 0.25) is 0 Å². The first kappa shape index (κ1) is 18.2. The van der Waals surface area contributed by atoms with E-state index in [4.69, 9.17) is 4.74 Å². The van der Waals surface area contributed by atoms with Gasteiger partial charge in [0.2, 0.25) is 0 Å². The lowest BCUT2D eigenvalue weighted by Gasteiger charge is -2.35. The average molecular weight is 370 g/mol. The van der Waals surface area contributed by atoms with E-state index < -0.39 is 12.0 Å². The van der Waals surface area contributed by atoms with Crippen LogP contribution in [0.15, 0.2) is 52.4 Å². The van der Waals surface area contributed by atoms with Crippen LogP contribution in [0.1, 0.15) is 37.9 Å². The van der Waals surface area contributed by atoms with Crippen molar-refractivity contribution in [3.05, 3.63) is 63.5 Å². The van der Waals surface area contributed by atoms with Crippen LogP contribution in [0.4, 0.5) is 10.5 Å². The Balaban J connectivity index is 2.10. The number of benzene rings is 1. The van der Waals surface area contributed by atoms with Crippen molar-refractivity contribution in [1.82, 2.24) is 5.32 Å². The summed E-state index contributed by atoms with van der Waals surface area (Å²) in [6.07, 6.45) is -0.239. The fourth-order valence-electron chi connectivity index (χ4n) is 2.98. The molecule has 1 atom stereocenters. The number of rotatable bonds is 4. The minimum atomic E-state index is -0.512. The monoisotopic (exact) mass is 370 g/mol. The zero-order chi connectivity index (χ0) is 18.8. The second-order valence-electron chi connectivity index (χ2n) is 6.56. The lowest BCUT2D eigenvalue weighted by Crippen LogP contribution is -2.48. The number of allylic oxidation sites excluding steroid dienone is 1. The Morgan fingerprint density at radius 3 is 2.46 bits per heavy atom. The minimum Gasteiger partial charge on any atom is -0.459 e. The molecule has 1 aliphatic rings. The van der Waals surface area contributed by atoms with Gasteiger partial charge in [0.15, 0.2) is 0 Å². The van der Waals surface area contributed by atoms with E-state index in [9.17, 15) is 9.59 Å². The van der Waals surface area contributed by atoms with Crippen LogP contribution in [0.5, 0.6) is 0 Å². The molecule has 5 nitrogen and oxygen atoms in total. The summed E-state index contributed by atoms with van der Waals surface area (Å²) in [4.78, 5) is 27.2. The maximum absolute atomic E-state index is 12.8. The van der Waals surface area contributed by atoms with Crippen molar-refractivity contribution >= 4 is 29.0 Å². The molecule has 26 heavy (non-hydrogen) atoms. The number of ether oxygens (including phenoxy) is 1. The number of anilines is 1. The predicted molar refractivity (Wildman–Crippen MR) is 103 cm³/mol. The second kappa shape index (κ2) is 7.33. The zero-order valence-corrected chi connectivity index (χ0v) is 16.1. The van der Waals surface area contributed by atoms with Gasteiger partial charge in [-0.25, -0.2) is 9.59 Å². The summed E-state index contributed by atoms with van der Waals surface area (Å²) in [6.45, 7) is 7.40. The summed E-state index contributed by atoms with van der Waals surface area (Å²) < 4.78 is 5.46. The fraction of sp³-hybridized carbons (Fsp3) is 0.300. The number of amides is 2. The number of thiophene rings is 1. The van der Waals surface area contributed by atoms with Crippen molar-refractivity contribution in [3.8, 4) is 0 Å². The van der Waals surface area contributed by atoms with E-state index in [-0.39, 0.29) is 12.1 Å². The number of esters is 1. The quantitative estimate of drug-likeness (QED) is 0.803. The normalized spacial score (nSPS) is 17.5. The van der Waals surface area contributed by atoms with Gasteiger partial charge in [-0.05, 0) is 62.2 Å². The maximum Gasteiger partial charge on any atom is 0.338 e. The van der Waals surface area contributed by atoms with Gasteiger partial charge in [0.1, 0.15) is 0 Å². The van der Waals surface area contributed by atoms with Gasteiger partial charge >= 0.3 is 12.0 Å². The highest BCUT2D eigenvalue weighted by Gasteiger charge is 2.37. The SMILES string of the molecule is CC1=C(C(=O)OC(C)C)[C@@H](c2ccsc2)NC(=O)N1c1ccc(C)cc1. The molecule has 0 unspecified atom stereocenters. The molecule has 1 N–H and O–H groups in total. The van der Waals surface area contributed by atoms with Crippen molar-refractivity contribution in [2.45, 2.75) is 39.8 Å². The van der Waals surface area contributed by atoms with E-state index in [1.165, 1.54) is 16.2 Å². The van der Waals surface area contributed by atoms with Crippen LogP contribution < -0.4 is 10.2 Å². The standard InChI is InChI=1S/C20H22N2O3S/c1-12(2)25-19(23)17-14(4)22(16-7-5-13(3)6-8-16)20(24)21-18(17)15-9-10-26-11-15/h5-12,18H,1-4H3,(H,21,24)/t18-/m1/s1. The van der Waals surface area contributed by atoms with Gasteiger partial charge in [-0.3, -0.25) is 4.90 Å². The van der Waals surface area contributed by atoms with Gasteiger partial charge in [-0.1, -0.05) is 17.7 Å². The first-order valence-corrected chi connectivity index (χ1v) is 9.44. The topological polar surface area (TPSA) is 58.6 Å². The summed E-state index contributed by atoms with van der Waals surface area (Å²) in [5, 5.41) is 6.81. The number of aryl methyl sites for hydroxylation is 1. The molecule has 6 heteroatoms. The molecule has 0 saturated heterocycles. The predicted octanol–water partition coefficient (Wildman–Crippen LogP) is 4.55. The molecule has 1 aromatic carbocycles. The number of urea groups is 1. The Labute approximate surface area is 157 Å². The van der Waals surface area contributed by atoms with E-state index in [0.29, 0.717) is 17.0 Å². The molecule has 0 radical (unpaired) electrons. The lowest BCUT2D eigenvalue weighted by atomic mass is 9.96. The number of nitrogens with zero attached hydrogens (tertiary/aromatic N) is 1. The third-order valence-electron chi connectivity index (χ3n) is 4.22. The molecule has 1 aliphatic heterocycles. The van der Waals surface area contributed by atoms with E-state index >= 15 is 0 Å². The summed E-state index contributed by atoms with van der Waals surface area (Å²) in [5.74, 6) is -0.411. The molecular formula is C20H22N2O3S. The van der Waals surface area contributed by atoms with E-state index in [1.54, 1.807) is 6.92 Å². The molecule has 2 amide bonds. The molecule has 0 fully saturated rings. The van der Waals surface area contributed by atoms with Crippen molar-refractivity contribution in [2.75, 3.05) is 4.90 Å². The Morgan fingerprint density at radius 2 is 1.88 bits per heavy atom.